The monoisotopic (exact) mass is 534 g/mol. The number of hydrogen-bond acceptors (Lipinski definition) is 6. The minimum absolute atomic E-state index is 0.00310. The number of carbonyl (C=O) groups is 2. The molecule has 37 heavy (non-hydrogen) atoms. The molecule has 0 aromatic heterocycles. The van der Waals surface area contributed by atoms with Crippen molar-refractivity contribution in [1.29, 1.82) is 0 Å². The zero-order valence-electron chi connectivity index (χ0n) is 19.3. The van der Waals surface area contributed by atoms with E-state index in [2.05, 4.69) is 4.74 Å². The molecule has 3 aromatic rings. The lowest BCUT2D eigenvalue weighted by Crippen LogP contribution is -2.51. The maximum atomic E-state index is 14.4. The van der Waals surface area contributed by atoms with Gasteiger partial charge in [-0.2, -0.15) is 13.2 Å². The van der Waals surface area contributed by atoms with Gasteiger partial charge in [0.25, 0.3) is 5.60 Å². The van der Waals surface area contributed by atoms with Crippen molar-refractivity contribution in [3.05, 3.63) is 94.8 Å². The summed E-state index contributed by atoms with van der Waals surface area (Å²) in [6.07, 6.45) is -4.13. The van der Waals surface area contributed by atoms with Crippen molar-refractivity contribution in [3.8, 4) is 0 Å². The fourth-order valence-corrected chi connectivity index (χ4v) is 5.27. The van der Waals surface area contributed by atoms with Crippen molar-refractivity contribution in [2.45, 2.75) is 21.6 Å². The Bertz CT molecular complexity index is 1390. The Balaban J connectivity index is 1.90. The molecule has 1 aliphatic rings. The van der Waals surface area contributed by atoms with E-state index in [4.69, 9.17) is 9.47 Å². The Morgan fingerprint density at radius 1 is 0.919 bits per heavy atom. The van der Waals surface area contributed by atoms with Gasteiger partial charge in [-0.25, -0.2) is 14.0 Å². The van der Waals surface area contributed by atoms with Gasteiger partial charge in [0, 0.05) is 35.5 Å². The van der Waals surface area contributed by atoms with E-state index in [9.17, 15) is 31.7 Å². The third-order valence-electron chi connectivity index (χ3n) is 5.70. The second-order valence-corrected chi connectivity index (χ2v) is 9.22. The van der Waals surface area contributed by atoms with Crippen molar-refractivity contribution >= 4 is 34.9 Å². The number of rotatable bonds is 5. The zero-order valence-corrected chi connectivity index (χ0v) is 20.1. The Kier molecular flexibility index (Phi) is 7.13. The third kappa shape index (κ3) is 4.61. The van der Waals surface area contributed by atoms with Gasteiger partial charge < -0.3 is 18.8 Å². The lowest BCUT2D eigenvalue weighted by Gasteiger charge is -2.32. The van der Waals surface area contributed by atoms with Crippen LogP contribution in [-0.2, 0) is 35.8 Å². The number of carbonyl (C=O) groups excluding carboxylic acids is 2. The summed E-state index contributed by atoms with van der Waals surface area (Å²) in [6.45, 7) is 0. The average molecular weight is 534 g/mol. The molecule has 0 N–H and O–H groups in total. The van der Waals surface area contributed by atoms with Crippen LogP contribution in [0.4, 0.5) is 17.6 Å². The van der Waals surface area contributed by atoms with Crippen LogP contribution in [0.15, 0.2) is 76.5 Å². The molecule has 0 amide bonds. The molecule has 0 fully saturated rings. The number of hydrogen-bond donors (Lipinski definition) is 0. The van der Waals surface area contributed by atoms with Crippen LogP contribution < -0.4 is 0 Å². The summed E-state index contributed by atoms with van der Waals surface area (Å²) in [7, 11) is 1.86. The summed E-state index contributed by atoms with van der Waals surface area (Å²) in [4.78, 5) is 25.4. The summed E-state index contributed by atoms with van der Waals surface area (Å²) >= 11 is -2.03. The Labute approximate surface area is 211 Å². The second-order valence-electron chi connectivity index (χ2n) is 7.80. The van der Waals surface area contributed by atoms with E-state index in [1.165, 1.54) is 42.5 Å². The van der Waals surface area contributed by atoms with Gasteiger partial charge in [-0.15, -0.1) is 0 Å². The van der Waals surface area contributed by atoms with Gasteiger partial charge in [-0.3, -0.25) is 0 Å². The van der Waals surface area contributed by atoms with E-state index >= 15 is 0 Å². The summed E-state index contributed by atoms with van der Waals surface area (Å²) in [5.74, 6) is -3.75. The molecule has 3 aromatic carbocycles. The standard InChI is InChI=1S/C26H18F4O6S/c1-34-23(31)15-8-10-19-20(13-16-12-18(27)9-11-21(16)37(33)22(19)14-15)36-24(32)25(35-2,26(28,29)30)17-6-4-3-5-7-17/h3-14H,1-2H3. The number of benzene rings is 3. The topological polar surface area (TPSA) is 84.9 Å². The minimum atomic E-state index is -5.24. The molecule has 0 saturated carbocycles. The van der Waals surface area contributed by atoms with Gasteiger partial charge in [0.15, 0.2) is 9.79 Å². The fourth-order valence-electron chi connectivity index (χ4n) is 3.91. The van der Waals surface area contributed by atoms with E-state index in [0.29, 0.717) is 0 Å². The maximum Gasteiger partial charge on any atom is 0.432 e. The normalized spacial score (nSPS) is 16.4. The number of halogens is 4. The molecular weight excluding hydrogens is 516 g/mol. The first-order chi connectivity index (χ1) is 17.5. The number of methoxy groups -OCH3 is 2. The largest absolute Gasteiger partial charge is 0.606 e. The van der Waals surface area contributed by atoms with Crippen LogP contribution in [0, 0.1) is 5.82 Å². The van der Waals surface area contributed by atoms with Gasteiger partial charge in [-0.1, -0.05) is 30.3 Å². The molecule has 4 rings (SSSR count). The highest BCUT2D eigenvalue weighted by atomic mass is 32.2. The molecule has 6 nitrogen and oxygen atoms in total. The molecule has 0 spiro atoms. The number of fused-ring (bicyclic) bond motifs is 2. The molecule has 2 unspecified atom stereocenters. The predicted octanol–water partition coefficient (Wildman–Crippen LogP) is 5.24. The van der Waals surface area contributed by atoms with Crippen LogP contribution in [0.1, 0.15) is 27.0 Å². The molecule has 2 atom stereocenters. The predicted molar refractivity (Wildman–Crippen MR) is 124 cm³/mol. The van der Waals surface area contributed by atoms with E-state index in [-0.39, 0.29) is 26.5 Å². The Morgan fingerprint density at radius 3 is 2.24 bits per heavy atom. The fraction of sp³-hybridized carbons (Fsp3) is 0.154. The first kappa shape index (κ1) is 26.4. The van der Waals surface area contributed by atoms with Crippen molar-refractivity contribution in [3.63, 3.8) is 0 Å². The van der Waals surface area contributed by atoms with Crippen LogP contribution >= 0.6 is 0 Å². The second kappa shape index (κ2) is 10.0. The minimum Gasteiger partial charge on any atom is -0.606 e. The number of alkyl halides is 3. The van der Waals surface area contributed by atoms with Crippen LogP contribution in [-0.4, -0.2) is 36.9 Å². The molecule has 1 heterocycles. The molecular formula is C26H18F4O6S. The highest BCUT2D eigenvalue weighted by Gasteiger charge is 2.64. The summed E-state index contributed by atoms with van der Waals surface area (Å²) in [5, 5.41) is 0. The molecule has 1 aliphatic heterocycles. The number of ether oxygens (including phenoxy) is 3. The van der Waals surface area contributed by atoms with E-state index < -0.39 is 52.0 Å². The van der Waals surface area contributed by atoms with E-state index in [1.807, 2.05) is 0 Å². The van der Waals surface area contributed by atoms with Crippen molar-refractivity contribution in [2.75, 3.05) is 14.2 Å². The van der Waals surface area contributed by atoms with Crippen molar-refractivity contribution in [2.24, 2.45) is 0 Å². The number of esters is 2. The lowest BCUT2D eigenvalue weighted by molar-refractivity contribution is -0.273. The molecule has 11 heteroatoms. The van der Waals surface area contributed by atoms with Crippen LogP contribution in [0.3, 0.4) is 0 Å². The van der Waals surface area contributed by atoms with Crippen molar-refractivity contribution in [1.82, 2.24) is 0 Å². The Morgan fingerprint density at radius 2 is 1.62 bits per heavy atom. The summed E-state index contributed by atoms with van der Waals surface area (Å²) in [6, 6.07) is 13.2. The zero-order chi connectivity index (χ0) is 27.0. The van der Waals surface area contributed by atoms with Crippen LogP contribution in [0.2, 0.25) is 0 Å². The first-order valence-electron chi connectivity index (χ1n) is 10.6. The van der Waals surface area contributed by atoms with Crippen molar-refractivity contribution < 1.29 is 45.9 Å². The van der Waals surface area contributed by atoms with Gasteiger partial charge >= 0.3 is 18.1 Å². The molecule has 192 valence electrons. The molecule has 0 radical (unpaired) electrons. The molecule has 0 bridgehead atoms. The average Bonchev–Trinajstić information content (AvgIpc) is 2.98. The highest BCUT2D eigenvalue weighted by molar-refractivity contribution is 7.91. The maximum absolute atomic E-state index is 14.4. The van der Waals surface area contributed by atoms with Gasteiger partial charge in [-0.05, 0) is 36.4 Å². The molecule has 0 aliphatic carbocycles. The van der Waals surface area contributed by atoms with Gasteiger partial charge in [0.1, 0.15) is 11.6 Å². The SMILES string of the molecule is COC(=O)c1ccc2c(c1)[S+]([O-])c1ccc(F)cc1C=C2OC(=O)C(OC)(c1ccccc1)C(F)(F)F. The highest BCUT2D eigenvalue weighted by Crippen LogP contribution is 2.45. The lowest BCUT2D eigenvalue weighted by atomic mass is 9.92. The quantitative estimate of drug-likeness (QED) is 0.253. The third-order valence-corrected chi connectivity index (χ3v) is 7.21. The van der Waals surface area contributed by atoms with Gasteiger partial charge in [0.2, 0.25) is 0 Å². The summed E-state index contributed by atoms with van der Waals surface area (Å²) in [5.41, 5.74) is -4.07. The Hall–Kier alpha value is -3.67. The van der Waals surface area contributed by atoms with Gasteiger partial charge in [0.05, 0.1) is 18.2 Å². The summed E-state index contributed by atoms with van der Waals surface area (Å²) < 4.78 is 85.4. The van der Waals surface area contributed by atoms with Crippen LogP contribution in [0.25, 0.3) is 11.8 Å². The van der Waals surface area contributed by atoms with E-state index in [1.54, 1.807) is 0 Å². The smallest absolute Gasteiger partial charge is 0.432 e. The first-order valence-corrected chi connectivity index (χ1v) is 11.7. The molecule has 0 saturated heterocycles. The van der Waals surface area contributed by atoms with Crippen LogP contribution in [0.5, 0.6) is 0 Å². The van der Waals surface area contributed by atoms with E-state index in [0.717, 1.165) is 44.6 Å².